The van der Waals surface area contributed by atoms with Gasteiger partial charge in [0.15, 0.2) is 0 Å². The summed E-state index contributed by atoms with van der Waals surface area (Å²) in [4.78, 5) is 47.5. The number of nitro benzene ring substituents is 1. The van der Waals surface area contributed by atoms with E-state index < -0.39 is 17.0 Å². The fourth-order valence-electron chi connectivity index (χ4n) is 5.69. The number of rotatable bonds is 8. The number of carbonyl (C=O) groups excluding carboxylic acids is 2. The molecule has 0 spiro atoms. The number of carbonyl (C=O) groups is 2. The summed E-state index contributed by atoms with van der Waals surface area (Å²) in [6.07, 6.45) is 1.22. The van der Waals surface area contributed by atoms with Crippen LogP contribution < -0.4 is 0 Å². The number of fused-ring (bicyclic) bond motifs is 4. The van der Waals surface area contributed by atoms with Gasteiger partial charge in [-0.1, -0.05) is 44.2 Å². The van der Waals surface area contributed by atoms with E-state index in [0.29, 0.717) is 18.5 Å². The van der Waals surface area contributed by atoms with Crippen LogP contribution in [-0.4, -0.2) is 75.2 Å². The normalized spacial score (nSPS) is 19.6. The second kappa shape index (κ2) is 9.73. The van der Waals surface area contributed by atoms with E-state index in [1.165, 1.54) is 12.1 Å². The molecule has 1 N–H and O–H groups in total. The van der Waals surface area contributed by atoms with Crippen molar-refractivity contribution in [1.29, 1.82) is 0 Å². The van der Waals surface area contributed by atoms with Gasteiger partial charge >= 0.3 is 0 Å². The summed E-state index contributed by atoms with van der Waals surface area (Å²) in [6.45, 7) is 7.57. The quantitative estimate of drug-likeness (QED) is 0.385. The van der Waals surface area contributed by atoms with Crippen molar-refractivity contribution in [1.82, 2.24) is 19.7 Å². The number of amides is 2. The zero-order valence-corrected chi connectivity index (χ0v) is 20.6. The average Bonchev–Trinajstić information content (AvgIpc) is 3.26. The smallest absolute Gasteiger partial charge is 0.269 e. The van der Waals surface area contributed by atoms with Crippen LogP contribution in [0.3, 0.4) is 0 Å². The summed E-state index contributed by atoms with van der Waals surface area (Å²) in [5.41, 5.74) is 3.33. The standard InChI is InChI=1S/C27H31N5O4/c1-3-29(4-2)13-8-14-30-17-24(33)31-23(27(30)34)16-21-20-11-5-6-12-22(20)28-25(21)26(31)18-9-7-10-19(15-18)32(35)36/h5-7,9-12,15,23,26,28H,3-4,8,13-14,16-17H2,1-2H3/t23-,26?/m0/s1. The predicted octanol–water partition coefficient (Wildman–Crippen LogP) is 3.49. The molecule has 9 heteroatoms. The van der Waals surface area contributed by atoms with Crippen LogP contribution in [0.25, 0.3) is 10.9 Å². The van der Waals surface area contributed by atoms with Crippen LogP contribution in [0.5, 0.6) is 0 Å². The lowest BCUT2D eigenvalue weighted by Crippen LogP contribution is -2.63. The van der Waals surface area contributed by atoms with Gasteiger partial charge in [-0.2, -0.15) is 0 Å². The number of nitrogens with zero attached hydrogens (tertiary/aromatic N) is 4. The molecule has 2 aromatic carbocycles. The van der Waals surface area contributed by atoms with Crippen LogP contribution in [0, 0.1) is 10.1 Å². The molecule has 2 amide bonds. The highest BCUT2D eigenvalue weighted by Gasteiger charge is 2.48. The van der Waals surface area contributed by atoms with E-state index in [9.17, 15) is 19.7 Å². The number of benzene rings is 2. The Hall–Kier alpha value is -3.72. The molecule has 0 bridgehead atoms. The predicted molar refractivity (Wildman–Crippen MR) is 137 cm³/mol. The Morgan fingerprint density at radius 3 is 2.64 bits per heavy atom. The van der Waals surface area contributed by atoms with E-state index in [2.05, 4.69) is 23.7 Å². The highest BCUT2D eigenvalue weighted by Crippen LogP contribution is 2.43. The summed E-state index contributed by atoms with van der Waals surface area (Å²) >= 11 is 0. The summed E-state index contributed by atoms with van der Waals surface area (Å²) in [7, 11) is 0. The first-order valence-electron chi connectivity index (χ1n) is 12.6. The van der Waals surface area contributed by atoms with Crippen molar-refractivity contribution >= 4 is 28.4 Å². The van der Waals surface area contributed by atoms with E-state index in [1.54, 1.807) is 21.9 Å². The number of hydrogen-bond donors (Lipinski definition) is 1. The van der Waals surface area contributed by atoms with Gasteiger partial charge in [-0.3, -0.25) is 19.7 Å². The van der Waals surface area contributed by atoms with E-state index in [0.717, 1.165) is 48.2 Å². The molecule has 36 heavy (non-hydrogen) atoms. The second-order valence-electron chi connectivity index (χ2n) is 9.48. The second-order valence-corrected chi connectivity index (χ2v) is 9.48. The van der Waals surface area contributed by atoms with Gasteiger partial charge in [0.2, 0.25) is 11.8 Å². The largest absolute Gasteiger partial charge is 0.356 e. The van der Waals surface area contributed by atoms with Crippen LogP contribution in [0.4, 0.5) is 5.69 Å². The fourth-order valence-corrected chi connectivity index (χ4v) is 5.69. The third kappa shape index (κ3) is 4.13. The van der Waals surface area contributed by atoms with Gasteiger partial charge in [-0.15, -0.1) is 0 Å². The molecule has 2 atom stereocenters. The Labute approximate surface area is 209 Å². The molecule has 2 aliphatic rings. The van der Waals surface area contributed by atoms with Crippen molar-refractivity contribution in [2.24, 2.45) is 0 Å². The van der Waals surface area contributed by atoms with Crippen molar-refractivity contribution in [3.63, 3.8) is 0 Å². The van der Waals surface area contributed by atoms with E-state index in [4.69, 9.17) is 0 Å². The number of piperazine rings is 1. The first-order valence-corrected chi connectivity index (χ1v) is 12.6. The lowest BCUT2D eigenvalue weighted by molar-refractivity contribution is -0.384. The number of non-ortho nitro benzene ring substituents is 1. The van der Waals surface area contributed by atoms with Crippen molar-refractivity contribution in [2.75, 3.05) is 32.7 Å². The molecule has 9 nitrogen and oxygen atoms in total. The third-order valence-electron chi connectivity index (χ3n) is 7.54. The fraction of sp³-hybridized carbons (Fsp3) is 0.407. The first-order chi connectivity index (χ1) is 17.4. The number of H-pyrrole nitrogens is 1. The molecule has 1 aromatic heterocycles. The molecule has 0 aliphatic carbocycles. The summed E-state index contributed by atoms with van der Waals surface area (Å²) in [5.74, 6) is -0.191. The van der Waals surface area contributed by atoms with Crippen LogP contribution in [-0.2, 0) is 16.0 Å². The first kappa shape index (κ1) is 24.0. The van der Waals surface area contributed by atoms with Crippen molar-refractivity contribution in [3.05, 3.63) is 75.5 Å². The Morgan fingerprint density at radius 1 is 1.11 bits per heavy atom. The number of aromatic amines is 1. The maximum absolute atomic E-state index is 13.7. The van der Waals surface area contributed by atoms with Gasteiger partial charge < -0.3 is 19.7 Å². The maximum atomic E-state index is 13.7. The van der Waals surface area contributed by atoms with E-state index in [1.807, 2.05) is 24.3 Å². The minimum atomic E-state index is -0.643. The number of hydrogen-bond acceptors (Lipinski definition) is 5. The summed E-state index contributed by atoms with van der Waals surface area (Å²) in [5, 5.41) is 12.5. The van der Waals surface area contributed by atoms with Gasteiger partial charge in [0.1, 0.15) is 6.04 Å². The molecular formula is C27H31N5O4. The van der Waals surface area contributed by atoms with Gasteiger partial charge in [0.05, 0.1) is 17.5 Å². The van der Waals surface area contributed by atoms with Crippen molar-refractivity contribution in [3.8, 4) is 0 Å². The molecule has 0 saturated carbocycles. The van der Waals surface area contributed by atoms with Gasteiger partial charge in [0.25, 0.3) is 5.69 Å². The average molecular weight is 490 g/mol. The van der Waals surface area contributed by atoms with Crippen molar-refractivity contribution in [2.45, 2.75) is 38.8 Å². The topological polar surface area (TPSA) is 103 Å². The third-order valence-corrected chi connectivity index (χ3v) is 7.54. The maximum Gasteiger partial charge on any atom is 0.269 e. The van der Waals surface area contributed by atoms with Crippen LogP contribution in [0.2, 0.25) is 0 Å². The highest BCUT2D eigenvalue weighted by molar-refractivity contribution is 5.97. The van der Waals surface area contributed by atoms with Crippen molar-refractivity contribution < 1.29 is 14.5 Å². The molecule has 1 unspecified atom stereocenters. The van der Waals surface area contributed by atoms with Gasteiger partial charge in [-0.25, -0.2) is 0 Å². The molecule has 0 radical (unpaired) electrons. The lowest BCUT2D eigenvalue weighted by Gasteiger charge is -2.47. The van der Waals surface area contributed by atoms with E-state index >= 15 is 0 Å². The zero-order valence-electron chi connectivity index (χ0n) is 20.6. The number of aromatic nitrogens is 1. The Morgan fingerprint density at radius 2 is 1.89 bits per heavy atom. The molecule has 5 rings (SSSR count). The number of para-hydroxylation sites is 1. The molecule has 3 aromatic rings. The van der Waals surface area contributed by atoms with Crippen LogP contribution in [0.15, 0.2) is 48.5 Å². The molecule has 188 valence electrons. The molecule has 3 heterocycles. The highest BCUT2D eigenvalue weighted by atomic mass is 16.6. The van der Waals surface area contributed by atoms with Crippen LogP contribution in [0.1, 0.15) is 43.1 Å². The van der Waals surface area contributed by atoms with Gasteiger partial charge in [0, 0.05) is 41.7 Å². The Bertz CT molecular complexity index is 1310. The van der Waals surface area contributed by atoms with E-state index in [-0.39, 0.29) is 24.0 Å². The van der Waals surface area contributed by atoms with Crippen LogP contribution >= 0.6 is 0 Å². The summed E-state index contributed by atoms with van der Waals surface area (Å²) in [6, 6.07) is 13.0. The molecule has 2 aliphatic heterocycles. The minimum Gasteiger partial charge on any atom is -0.356 e. The van der Waals surface area contributed by atoms with Gasteiger partial charge in [-0.05, 0) is 43.2 Å². The monoisotopic (exact) mass is 489 g/mol. The number of nitro groups is 1. The lowest BCUT2D eigenvalue weighted by atomic mass is 9.86. The molecule has 1 saturated heterocycles. The Kier molecular flexibility index (Phi) is 6.49. The minimum absolute atomic E-state index is 0.0224. The summed E-state index contributed by atoms with van der Waals surface area (Å²) < 4.78 is 0. The SMILES string of the molecule is CCN(CC)CCCN1CC(=O)N2C(c3cccc([N+](=O)[O-])c3)c3[nH]c4ccccc4c3C[C@H]2C1=O. The zero-order chi connectivity index (χ0) is 25.4. The molecule has 1 fully saturated rings. The Balaban J connectivity index is 1.53. The molecular weight excluding hydrogens is 458 g/mol. The number of nitrogens with one attached hydrogen (secondary N) is 1.